The zero-order chi connectivity index (χ0) is 32.1. The maximum Gasteiger partial charge on any atom is 0.119 e. The molecule has 0 bridgehead atoms. The van der Waals surface area contributed by atoms with Gasteiger partial charge in [-0.1, -0.05) is 72.8 Å². The van der Waals surface area contributed by atoms with E-state index in [9.17, 15) is 10.2 Å². The predicted molar refractivity (Wildman–Crippen MR) is 181 cm³/mol. The van der Waals surface area contributed by atoms with Gasteiger partial charge in [-0.3, -0.25) is 9.80 Å². The molecular formula is C39H44N2O6. The van der Waals surface area contributed by atoms with Crippen molar-refractivity contribution in [2.75, 3.05) is 78.9 Å². The average molecular weight is 637 g/mol. The fourth-order valence-corrected chi connectivity index (χ4v) is 7.28. The summed E-state index contributed by atoms with van der Waals surface area (Å²) in [5, 5.41) is 21.2. The van der Waals surface area contributed by atoms with Crippen LogP contribution in [0.5, 0.6) is 11.5 Å². The van der Waals surface area contributed by atoms with Gasteiger partial charge in [-0.25, -0.2) is 0 Å². The van der Waals surface area contributed by atoms with Gasteiger partial charge in [-0.05, 0) is 57.6 Å². The molecule has 0 unspecified atom stereocenters. The summed E-state index contributed by atoms with van der Waals surface area (Å²) in [6.45, 7) is 7.77. The van der Waals surface area contributed by atoms with Crippen molar-refractivity contribution in [2.45, 2.75) is 17.6 Å². The number of ether oxygens (including phenoxy) is 4. The molecule has 8 heteroatoms. The average Bonchev–Trinajstić information content (AvgIpc) is 3.42. The van der Waals surface area contributed by atoms with Crippen LogP contribution >= 0.6 is 0 Å². The van der Waals surface area contributed by atoms with E-state index in [-0.39, 0.29) is 13.2 Å². The molecule has 8 nitrogen and oxygen atoms in total. The van der Waals surface area contributed by atoms with E-state index in [2.05, 4.69) is 82.6 Å². The lowest BCUT2D eigenvalue weighted by Gasteiger charge is -2.34. The van der Waals surface area contributed by atoms with Crippen LogP contribution in [0.1, 0.15) is 22.3 Å². The van der Waals surface area contributed by atoms with Crippen LogP contribution in [0.3, 0.4) is 0 Å². The quantitative estimate of drug-likeness (QED) is 0.211. The van der Waals surface area contributed by atoms with Crippen LogP contribution < -0.4 is 9.47 Å². The Bertz CT molecular complexity index is 1480. The monoisotopic (exact) mass is 636 g/mol. The maximum atomic E-state index is 10.6. The first-order valence-corrected chi connectivity index (χ1v) is 16.7. The summed E-state index contributed by atoms with van der Waals surface area (Å²) in [6.07, 6.45) is -1.15. The number of benzene rings is 4. The number of hydrogen-bond acceptors (Lipinski definition) is 8. The lowest BCUT2D eigenvalue weighted by molar-refractivity contribution is 0.00452. The Morgan fingerprint density at radius 2 is 0.936 bits per heavy atom. The van der Waals surface area contributed by atoms with Crippen molar-refractivity contribution in [2.24, 2.45) is 0 Å². The van der Waals surface area contributed by atoms with Gasteiger partial charge < -0.3 is 29.2 Å². The lowest BCUT2D eigenvalue weighted by Crippen LogP contribution is -2.42. The number of nitrogens with zero attached hydrogens (tertiary/aromatic N) is 2. The first kappa shape index (κ1) is 31.8. The molecule has 0 radical (unpaired) electrons. The number of aliphatic hydroxyl groups is 2. The molecule has 47 heavy (non-hydrogen) atoms. The number of fused-ring (bicyclic) bond motifs is 3. The topological polar surface area (TPSA) is 83.9 Å². The van der Waals surface area contributed by atoms with E-state index in [1.165, 1.54) is 22.3 Å². The number of β-amino-alcohol motifs (C(OH)–C–C–N with tert-alkyl or cyclic N) is 2. The van der Waals surface area contributed by atoms with Crippen LogP contribution in [-0.2, 0) is 14.9 Å². The molecule has 0 amide bonds. The van der Waals surface area contributed by atoms with E-state index in [1.54, 1.807) is 0 Å². The minimum Gasteiger partial charge on any atom is -0.491 e. The van der Waals surface area contributed by atoms with Crippen LogP contribution in [-0.4, -0.2) is 111 Å². The molecule has 3 aliphatic rings. The van der Waals surface area contributed by atoms with E-state index >= 15 is 0 Å². The molecule has 4 aromatic rings. The Kier molecular flexibility index (Phi) is 9.86. The molecule has 2 aliphatic heterocycles. The van der Waals surface area contributed by atoms with Crippen molar-refractivity contribution in [1.82, 2.24) is 9.80 Å². The zero-order valence-corrected chi connectivity index (χ0v) is 26.8. The number of rotatable bonds is 12. The van der Waals surface area contributed by atoms with Crippen molar-refractivity contribution in [3.8, 4) is 22.6 Å². The molecule has 7 rings (SSSR count). The van der Waals surface area contributed by atoms with Crippen LogP contribution in [0.25, 0.3) is 11.1 Å². The van der Waals surface area contributed by atoms with Gasteiger partial charge in [0.15, 0.2) is 0 Å². The maximum absolute atomic E-state index is 10.6. The summed E-state index contributed by atoms with van der Waals surface area (Å²) >= 11 is 0. The van der Waals surface area contributed by atoms with Gasteiger partial charge in [0.1, 0.15) is 36.9 Å². The van der Waals surface area contributed by atoms with E-state index in [0.29, 0.717) is 39.5 Å². The first-order chi connectivity index (χ1) is 23.1. The Balaban J connectivity index is 1.13. The second-order valence-electron chi connectivity index (χ2n) is 12.6. The molecule has 246 valence electrons. The normalized spacial score (nSPS) is 19.0. The first-order valence-electron chi connectivity index (χ1n) is 16.7. The molecule has 0 saturated carbocycles. The SMILES string of the molecule is O[C@H](COc1ccc(C2(c3ccc(OC[C@H](O)CN4CCOCC4)cc3)c3ccccc3-c3ccccc32)cc1)CN1CCOCC1. The summed E-state index contributed by atoms with van der Waals surface area (Å²) in [6, 6.07) is 33.9. The summed E-state index contributed by atoms with van der Waals surface area (Å²) < 4.78 is 23.0. The minimum atomic E-state index is -0.575. The van der Waals surface area contributed by atoms with Gasteiger partial charge in [0.05, 0.1) is 31.8 Å². The molecule has 2 N–H and O–H groups in total. The third-order valence-corrected chi connectivity index (χ3v) is 9.56. The van der Waals surface area contributed by atoms with Gasteiger partial charge in [-0.2, -0.15) is 0 Å². The van der Waals surface area contributed by atoms with Crippen molar-refractivity contribution in [1.29, 1.82) is 0 Å². The Morgan fingerprint density at radius 3 is 1.34 bits per heavy atom. The standard InChI is InChI=1S/C39H44N2O6/c42-31(25-40-17-21-44-22-18-40)27-46-33-13-9-29(10-14-33)39(37-7-3-1-5-35(37)36-6-2-4-8-38(36)39)30-11-15-34(16-12-30)47-28-32(43)26-41-19-23-45-24-20-41/h1-16,31-32,42-43H,17-28H2/t31-,32+. The highest BCUT2D eigenvalue weighted by Gasteiger charge is 2.45. The number of hydrogen-bond donors (Lipinski definition) is 2. The molecule has 2 heterocycles. The molecule has 1 aliphatic carbocycles. The molecular weight excluding hydrogens is 592 g/mol. The van der Waals surface area contributed by atoms with Gasteiger partial charge in [0, 0.05) is 39.3 Å². The van der Waals surface area contributed by atoms with Crippen LogP contribution in [0.4, 0.5) is 0 Å². The van der Waals surface area contributed by atoms with Crippen molar-refractivity contribution in [3.63, 3.8) is 0 Å². The summed E-state index contributed by atoms with van der Waals surface area (Å²) in [7, 11) is 0. The highest BCUT2D eigenvalue weighted by molar-refractivity contribution is 5.86. The molecule has 0 spiro atoms. The second kappa shape index (κ2) is 14.6. The Labute approximate surface area is 277 Å². The van der Waals surface area contributed by atoms with Gasteiger partial charge in [0.2, 0.25) is 0 Å². The van der Waals surface area contributed by atoms with Crippen LogP contribution in [0, 0.1) is 0 Å². The van der Waals surface area contributed by atoms with E-state index in [0.717, 1.165) is 48.8 Å². The minimum absolute atomic E-state index is 0.232. The molecule has 2 saturated heterocycles. The van der Waals surface area contributed by atoms with Gasteiger partial charge >= 0.3 is 0 Å². The fraction of sp³-hybridized carbons (Fsp3) is 0.385. The van der Waals surface area contributed by atoms with Crippen LogP contribution in [0.15, 0.2) is 97.1 Å². The number of morpholine rings is 2. The predicted octanol–water partition coefficient (Wildman–Crippen LogP) is 4.19. The highest BCUT2D eigenvalue weighted by Crippen LogP contribution is 2.56. The van der Waals surface area contributed by atoms with E-state index < -0.39 is 17.6 Å². The Morgan fingerprint density at radius 1 is 0.553 bits per heavy atom. The lowest BCUT2D eigenvalue weighted by atomic mass is 9.68. The highest BCUT2D eigenvalue weighted by atomic mass is 16.5. The smallest absolute Gasteiger partial charge is 0.119 e. The molecule has 0 aromatic heterocycles. The van der Waals surface area contributed by atoms with E-state index in [1.807, 2.05) is 24.3 Å². The third kappa shape index (κ3) is 6.81. The summed E-state index contributed by atoms with van der Waals surface area (Å²) in [5.74, 6) is 1.45. The van der Waals surface area contributed by atoms with Crippen LogP contribution in [0.2, 0.25) is 0 Å². The van der Waals surface area contributed by atoms with Crippen molar-refractivity contribution < 1.29 is 29.2 Å². The summed E-state index contributed by atoms with van der Waals surface area (Å²) in [5.41, 5.74) is 6.62. The molecule has 2 fully saturated rings. The second-order valence-corrected chi connectivity index (χ2v) is 12.6. The molecule has 4 aromatic carbocycles. The molecule has 2 atom stereocenters. The largest absolute Gasteiger partial charge is 0.491 e. The van der Waals surface area contributed by atoms with Gasteiger partial charge in [0.25, 0.3) is 0 Å². The fourth-order valence-electron chi connectivity index (χ4n) is 7.28. The van der Waals surface area contributed by atoms with Crippen molar-refractivity contribution >= 4 is 0 Å². The number of aliphatic hydroxyl groups excluding tert-OH is 2. The summed E-state index contributed by atoms with van der Waals surface area (Å²) in [4.78, 5) is 4.42. The third-order valence-electron chi connectivity index (χ3n) is 9.56. The zero-order valence-electron chi connectivity index (χ0n) is 26.8. The van der Waals surface area contributed by atoms with E-state index in [4.69, 9.17) is 18.9 Å². The van der Waals surface area contributed by atoms with Crippen molar-refractivity contribution in [3.05, 3.63) is 119 Å². The van der Waals surface area contributed by atoms with Gasteiger partial charge in [-0.15, -0.1) is 0 Å². The Hall–Kier alpha value is -3.76.